The summed E-state index contributed by atoms with van der Waals surface area (Å²) in [5.41, 5.74) is 0.795. The molecule has 1 aromatic heterocycles. The minimum atomic E-state index is 0.541. The summed E-state index contributed by atoms with van der Waals surface area (Å²) in [7, 11) is 0. The highest BCUT2D eigenvalue weighted by atomic mass is 79.9. The van der Waals surface area contributed by atoms with Crippen LogP contribution >= 0.6 is 39.7 Å². The molecule has 0 saturated carbocycles. The number of benzene rings is 1. The average Bonchev–Trinajstić information content (AvgIpc) is 2.78. The Bertz CT molecular complexity index is 572. The molecule has 100 valence electrons. The molecule has 0 aliphatic rings. The molecule has 1 aromatic carbocycles. The zero-order valence-electron chi connectivity index (χ0n) is 9.94. The van der Waals surface area contributed by atoms with Crippen LogP contribution in [0.2, 0.25) is 5.02 Å². The molecule has 0 aliphatic carbocycles. The maximum absolute atomic E-state index is 6.03. The third-order valence-corrected chi connectivity index (χ3v) is 3.34. The lowest BCUT2D eigenvalue weighted by atomic mass is 10.3. The van der Waals surface area contributed by atoms with E-state index in [0.29, 0.717) is 16.7 Å². The molecule has 0 radical (unpaired) electrons. The van der Waals surface area contributed by atoms with Gasteiger partial charge in [-0.05, 0) is 40.3 Å². The Morgan fingerprint density at radius 2 is 2.21 bits per heavy atom. The van der Waals surface area contributed by atoms with E-state index in [1.807, 2.05) is 35.1 Å². The van der Waals surface area contributed by atoms with Crippen molar-refractivity contribution in [3.63, 3.8) is 0 Å². The predicted molar refractivity (Wildman–Crippen MR) is 85.6 cm³/mol. The Labute approximate surface area is 130 Å². The Morgan fingerprint density at radius 1 is 1.42 bits per heavy atom. The zero-order valence-corrected chi connectivity index (χ0v) is 13.1. The minimum absolute atomic E-state index is 0.541. The lowest BCUT2D eigenvalue weighted by Crippen LogP contribution is -2.31. The van der Waals surface area contributed by atoms with Gasteiger partial charge in [0.25, 0.3) is 0 Å². The molecule has 0 spiro atoms. The van der Waals surface area contributed by atoms with E-state index in [1.165, 1.54) is 0 Å². The smallest absolute Gasteiger partial charge is 0.170 e. The number of rotatable bonds is 4. The van der Waals surface area contributed by atoms with Crippen LogP contribution in [0, 0.1) is 0 Å². The van der Waals surface area contributed by atoms with Crippen molar-refractivity contribution >= 4 is 50.5 Å². The fourth-order valence-electron chi connectivity index (χ4n) is 1.47. The van der Waals surface area contributed by atoms with Crippen LogP contribution in [0.4, 0.5) is 5.69 Å². The number of halogens is 2. The molecule has 0 atom stereocenters. The number of thiocarbonyl (C=S) groups is 1. The number of aromatic nitrogens is 2. The maximum Gasteiger partial charge on any atom is 0.170 e. The van der Waals surface area contributed by atoms with Crippen molar-refractivity contribution in [1.82, 2.24) is 15.1 Å². The quantitative estimate of drug-likeness (QED) is 0.822. The molecule has 0 saturated heterocycles. The zero-order chi connectivity index (χ0) is 13.7. The first-order valence-corrected chi connectivity index (χ1v) is 7.20. The van der Waals surface area contributed by atoms with E-state index in [0.717, 1.165) is 16.7 Å². The molecule has 0 amide bonds. The van der Waals surface area contributed by atoms with E-state index in [4.69, 9.17) is 23.8 Å². The van der Waals surface area contributed by atoms with Crippen LogP contribution in [-0.2, 0) is 6.54 Å². The third-order valence-electron chi connectivity index (χ3n) is 2.35. The van der Waals surface area contributed by atoms with Gasteiger partial charge in [0.05, 0.1) is 27.9 Å². The van der Waals surface area contributed by atoms with Gasteiger partial charge in [0.15, 0.2) is 5.11 Å². The third kappa shape index (κ3) is 4.49. The molecule has 1 heterocycles. The van der Waals surface area contributed by atoms with Crippen LogP contribution in [0.5, 0.6) is 0 Å². The molecular weight excluding hydrogens is 348 g/mol. The number of hydrogen-bond donors (Lipinski definition) is 2. The first kappa shape index (κ1) is 14.3. The van der Waals surface area contributed by atoms with Crippen LogP contribution in [0.1, 0.15) is 0 Å². The molecular formula is C12H12BrClN4S. The van der Waals surface area contributed by atoms with Crippen molar-refractivity contribution in [3.8, 4) is 0 Å². The summed E-state index contributed by atoms with van der Waals surface area (Å²) in [6.07, 6.45) is 3.66. The number of nitrogens with zero attached hydrogens (tertiary/aromatic N) is 2. The molecule has 7 heteroatoms. The molecule has 19 heavy (non-hydrogen) atoms. The van der Waals surface area contributed by atoms with Gasteiger partial charge >= 0.3 is 0 Å². The summed E-state index contributed by atoms with van der Waals surface area (Å²) in [4.78, 5) is 0. The van der Waals surface area contributed by atoms with Gasteiger partial charge in [0.1, 0.15) is 0 Å². The van der Waals surface area contributed by atoms with E-state index < -0.39 is 0 Å². The standard InChI is InChI=1S/C12H12BrClN4S/c13-9-7-16-18(8-9)6-5-15-12(19)17-11-4-2-1-3-10(11)14/h1-4,7-8H,5-6H2,(H2,15,17,19). The number of anilines is 1. The normalized spacial score (nSPS) is 10.2. The Hall–Kier alpha value is -1.11. The maximum atomic E-state index is 6.03. The van der Waals surface area contributed by atoms with E-state index in [2.05, 4.69) is 31.7 Å². The van der Waals surface area contributed by atoms with Crippen molar-refractivity contribution in [2.24, 2.45) is 0 Å². The molecule has 2 rings (SSSR count). The van der Waals surface area contributed by atoms with Crippen LogP contribution < -0.4 is 10.6 Å². The summed E-state index contributed by atoms with van der Waals surface area (Å²) in [5, 5.41) is 11.5. The summed E-state index contributed by atoms with van der Waals surface area (Å²) in [6, 6.07) is 7.46. The van der Waals surface area contributed by atoms with Crippen LogP contribution in [0.25, 0.3) is 0 Å². The number of hydrogen-bond acceptors (Lipinski definition) is 2. The minimum Gasteiger partial charge on any atom is -0.361 e. The van der Waals surface area contributed by atoms with E-state index in [9.17, 15) is 0 Å². The highest BCUT2D eigenvalue weighted by molar-refractivity contribution is 9.10. The number of para-hydroxylation sites is 1. The Balaban J connectivity index is 1.77. The van der Waals surface area contributed by atoms with Gasteiger partial charge in [0, 0.05) is 12.7 Å². The highest BCUT2D eigenvalue weighted by Gasteiger charge is 2.01. The summed E-state index contributed by atoms with van der Waals surface area (Å²) in [5.74, 6) is 0. The van der Waals surface area contributed by atoms with Gasteiger partial charge in [-0.25, -0.2) is 0 Å². The van der Waals surface area contributed by atoms with Crippen LogP contribution in [0.15, 0.2) is 41.1 Å². The Morgan fingerprint density at radius 3 is 2.89 bits per heavy atom. The van der Waals surface area contributed by atoms with Crippen LogP contribution in [0.3, 0.4) is 0 Å². The molecule has 4 nitrogen and oxygen atoms in total. The topological polar surface area (TPSA) is 41.9 Å². The van der Waals surface area contributed by atoms with Crippen LogP contribution in [-0.4, -0.2) is 21.4 Å². The molecule has 2 N–H and O–H groups in total. The lowest BCUT2D eigenvalue weighted by Gasteiger charge is -2.11. The van der Waals surface area contributed by atoms with Crippen molar-refractivity contribution in [2.45, 2.75) is 6.54 Å². The summed E-state index contributed by atoms with van der Waals surface area (Å²) < 4.78 is 2.79. The van der Waals surface area contributed by atoms with Gasteiger partial charge in [-0.3, -0.25) is 4.68 Å². The van der Waals surface area contributed by atoms with E-state index in [1.54, 1.807) is 6.20 Å². The predicted octanol–water partition coefficient (Wildman–Crippen LogP) is 3.29. The summed E-state index contributed by atoms with van der Waals surface area (Å²) in [6.45, 7) is 1.42. The lowest BCUT2D eigenvalue weighted by molar-refractivity contribution is 0.604. The SMILES string of the molecule is S=C(NCCn1cc(Br)cn1)Nc1ccccc1Cl. The second kappa shape index (κ2) is 6.88. The molecule has 0 unspecified atom stereocenters. The largest absolute Gasteiger partial charge is 0.361 e. The Kier molecular flexibility index (Phi) is 5.18. The van der Waals surface area contributed by atoms with E-state index in [-0.39, 0.29) is 0 Å². The van der Waals surface area contributed by atoms with E-state index >= 15 is 0 Å². The van der Waals surface area contributed by atoms with Crippen molar-refractivity contribution < 1.29 is 0 Å². The molecule has 2 aromatic rings. The first-order valence-electron chi connectivity index (χ1n) is 5.62. The second-order valence-corrected chi connectivity index (χ2v) is 5.51. The van der Waals surface area contributed by atoms with Crippen molar-refractivity contribution in [3.05, 3.63) is 46.2 Å². The number of nitrogens with one attached hydrogen (secondary N) is 2. The van der Waals surface area contributed by atoms with Gasteiger partial charge in [-0.1, -0.05) is 23.7 Å². The molecule has 0 bridgehead atoms. The van der Waals surface area contributed by atoms with Crippen molar-refractivity contribution in [1.29, 1.82) is 0 Å². The van der Waals surface area contributed by atoms with Gasteiger partial charge in [-0.15, -0.1) is 0 Å². The fraction of sp³-hybridized carbons (Fsp3) is 0.167. The molecule has 0 aliphatic heterocycles. The monoisotopic (exact) mass is 358 g/mol. The second-order valence-electron chi connectivity index (χ2n) is 3.78. The van der Waals surface area contributed by atoms with Gasteiger partial charge < -0.3 is 10.6 Å². The molecule has 0 fully saturated rings. The average molecular weight is 360 g/mol. The fourth-order valence-corrected chi connectivity index (χ4v) is 2.20. The summed E-state index contributed by atoms with van der Waals surface area (Å²) >= 11 is 14.6. The first-order chi connectivity index (χ1) is 9.15. The van der Waals surface area contributed by atoms with Gasteiger partial charge in [-0.2, -0.15) is 5.10 Å². The van der Waals surface area contributed by atoms with Crippen molar-refractivity contribution in [2.75, 3.05) is 11.9 Å². The van der Waals surface area contributed by atoms with Gasteiger partial charge in [0.2, 0.25) is 0 Å². The highest BCUT2D eigenvalue weighted by Crippen LogP contribution is 2.20.